The van der Waals surface area contributed by atoms with Gasteiger partial charge >= 0.3 is 0 Å². The first kappa shape index (κ1) is 14.5. The minimum atomic E-state index is -0.174. The summed E-state index contributed by atoms with van der Waals surface area (Å²) in [6, 6.07) is 19.5. The van der Waals surface area contributed by atoms with Gasteiger partial charge in [0.05, 0.1) is 6.04 Å². The highest BCUT2D eigenvalue weighted by Crippen LogP contribution is 2.30. The second kappa shape index (κ2) is 6.12. The van der Waals surface area contributed by atoms with Crippen LogP contribution in [0.2, 0.25) is 0 Å². The molecule has 106 valence electrons. The van der Waals surface area contributed by atoms with E-state index in [1.807, 2.05) is 43.4 Å². The minimum Gasteiger partial charge on any atom is -0.309 e. The number of halogens is 2. The molecule has 0 bridgehead atoms. The van der Waals surface area contributed by atoms with Gasteiger partial charge in [-0.2, -0.15) is 0 Å². The Labute approximate surface area is 137 Å². The first-order chi connectivity index (χ1) is 10.2. The zero-order chi connectivity index (χ0) is 14.8. The molecule has 3 rings (SSSR count). The normalized spacial score (nSPS) is 12.5. The predicted octanol–water partition coefficient (Wildman–Crippen LogP) is 4.89. The van der Waals surface area contributed by atoms with Gasteiger partial charge < -0.3 is 5.32 Å². The Hall–Kier alpha value is -1.46. The van der Waals surface area contributed by atoms with E-state index in [2.05, 4.69) is 46.1 Å². The summed E-state index contributed by atoms with van der Waals surface area (Å²) in [4.78, 5) is 0. The second-order valence-corrected chi connectivity index (χ2v) is 6.20. The molecule has 3 aromatic rings. The van der Waals surface area contributed by atoms with Crippen molar-refractivity contribution in [2.24, 2.45) is 0 Å². The Morgan fingerprint density at radius 3 is 2.43 bits per heavy atom. The summed E-state index contributed by atoms with van der Waals surface area (Å²) in [6.07, 6.45) is 0. The first-order valence-electron chi connectivity index (χ1n) is 6.80. The quantitative estimate of drug-likeness (QED) is 0.627. The molecule has 21 heavy (non-hydrogen) atoms. The van der Waals surface area contributed by atoms with Crippen LogP contribution in [-0.4, -0.2) is 7.05 Å². The Kier molecular flexibility index (Phi) is 4.22. The van der Waals surface area contributed by atoms with Gasteiger partial charge in [-0.05, 0) is 64.4 Å². The molecule has 3 heteroatoms. The van der Waals surface area contributed by atoms with E-state index in [0.29, 0.717) is 5.39 Å². The van der Waals surface area contributed by atoms with Gasteiger partial charge in [0.2, 0.25) is 0 Å². The zero-order valence-electron chi connectivity index (χ0n) is 11.6. The lowest BCUT2D eigenvalue weighted by molar-refractivity contribution is 0.637. The molecule has 0 spiro atoms. The van der Waals surface area contributed by atoms with Gasteiger partial charge in [-0.3, -0.25) is 0 Å². The van der Waals surface area contributed by atoms with E-state index in [4.69, 9.17) is 0 Å². The van der Waals surface area contributed by atoms with Crippen LogP contribution in [0.25, 0.3) is 10.8 Å². The van der Waals surface area contributed by atoms with Crippen LogP contribution in [0.15, 0.2) is 60.7 Å². The maximum absolute atomic E-state index is 14.0. The van der Waals surface area contributed by atoms with Crippen LogP contribution in [-0.2, 0) is 0 Å². The fourth-order valence-electron chi connectivity index (χ4n) is 2.73. The molecule has 1 N–H and O–H groups in total. The van der Waals surface area contributed by atoms with Crippen molar-refractivity contribution in [3.63, 3.8) is 0 Å². The Balaban J connectivity index is 2.20. The summed E-state index contributed by atoms with van der Waals surface area (Å²) in [5.74, 6) is -0.174. The summed E-state index contributed by atoms with van der Waals surface area (Å²) in [5, 5.41) is 4.97. The van der Waals surface area contributed by atoms with Crippen LogP contribution >= 0.6 is 22.6 Å². The topological polar surface area (TPSA) is 12.0 Å². The highest BCUT2D eigenvalue weighted by molar-refractivity contribution is 14.1. The third kappa shape index (κ3) is 2.80. The molecule has 1 atom stereocenters. The monoisotopic (exact) mass is 391 g/mol. The van der Waals surface area contributed by atoms with E-state index in [1.54, 1.807) is 6.07 Å². The molecule has 0 saturated heterocycles. The van der Waals surface area contributed by atoms with Gasteiger partial charge in [-0.1, -0.05) is 42.5 Å². The van der Waals surface area contributed by atoms with Gasteiger partial charge in [0.1, 0.15) is 5.82 Å². The first-order valence-corrected chi connectivity index (χ1v) is 7.88. The molecule has 0 aliphatic heterocycles. The van der Waals surface area contributed by atoms with Gasteiger partial charge in [0.25, 0.3) is 0 Å². The summed E-state index contributed by atoms with van der Waals surface area (Å²) in [7, 11) is 1.93. The maximum atomic E-state index is 14.0. The Morgan fingerprint density at radius 2 is 1.71 bits per heavy atom. The average Bonchev–Trinajstić information content (AvgIpc) is 2.51. The summed E-state index contributed by atoms with van der Waals surface area (Å²) in [6.45, 7) is 0. The minimum absolute atomic E-state index is 0.0465. The summed E-state index contributed by atoms with van der Waals surface area (Å²) in [5.41, 5.74) is 2.28. The van der Waals surface area contributed by atoms with Crippen LogP contribution in [0.1, 0.15) is 17.2 Å². The van der Waals surface area contributed by atoms with Gasteiger partial charge in [-0.25, -0.2) is 4.39 Å². The molecule has 0 heterocycles. The number of nitrogens with one attached hydrogen (secondary N) is 1. The third-order valence-electron chi connectivity index (χ3n) is 3.69. The Morgan fingerprint density at radius 1 is 0.952 bits per heavy atom. The summed E-state index contributed by atoms with van der Waals surface area (Å²) >= 11 is 2.31. The van der Waals surface area contributed by atoms with Crippen molar-refractivity contribution in [1.29, 1.82) is 0 Å². The van der Waals surface area contributed by atoms with Gasteiger partial charge in [0.15, 0.2) is 0 Å². The van der Waals surface area contributed by atoms with E-state index in [0.717, 1.165) is 10.9 Å². The summed E-state index contributed by atoms with van der Waals surface area (Å²) < 4.78 is 15.2. The lowest BCUT2D eigenvalue weighted by atomic mass is 9.93. The van der Waals surface area contributed by atoms with E-state index >= 15 is 0 Å². The van der Waals surface area contributed by atoms with E-state index in [-0.39, 0.29) is 11.9 Å². The number of rotatable bonds is 3. The van der Waals surface area contributed by atoms with Crippen molar-refractivity contribution in [3.8, 4) is 0 Å². The van der Waals surface area contributed by atoms with Crippen LogP contribution in [0.5, 0.6) is 0 Å². The fraction of sp³-hybridized carbons (Fsp3) is 0.111. The highest BCUT2D eigenvalue weighted by Gasteiger charge is 2.16. The van der Waals surface area contributed by atoms with Crippen LogP contribution in [0.3, 0.4) is 0 Å². The fourth-order valence-corrected chi connectivity index (χ4v) is 3.29. The van der Waals surface area contributed by atoms with Crippen LogP contribution in [0.4, 0.5) is 4.39 Å². The van der Waals surface area contributed by atoms with E-state index < -0.39 is 0 Å². The molecule has 1 unspecified atom stereocenters. The number of benzene rings is 3. The number of hydrogen-bond acceptors (Lipinski definition) is 1. The lowest BCUT2D eigenvalue weighted by Crippen LogP contribution is -2.18. The smallest absolute Gasteiger partial charge is 0.131 e. The standard InChI is InChI=1S/C18H15FIN/c1-21-18(12-5-4-6-13(20)11-12)16-9-10-17(19)15-8-3-2-7-14(15)16/h2-11,18,21H,1H3. The maximum Gasteiger partial charge on any atom is 0.131 e. The van der Waals surface area contributed by atoms with Crippen molar-refractivity contribution in [3.05, 3.63) is 81.2 Å². The highest BCUT2D eigenvalue weighted by atomic mass is 127. The van der Waals surface area contributed by atoms with E-state index in [1.165, 1.54) is 9.13 Å². The van der Waals surface area contributed by atoms with Crippen molar-refractivity contribution in [2.75, 3.05) is 7.05 Å². The van der Waals surface area contributed by atoms with E-state index in [9.17, 15) is 4.39 Å². The molecule has 0 aliphatic rings. The molecule has 0 fully saturated rings. The molecule has 0 radical (unpaired) electrons. The number of hydrogen-bond donors (Lipinski definition) is 1. The Bertz CT molecular complexity index is 785. The van der Waals surface area contributed by atoms with Gasteiger partial charge in [-0.15, -0.1) is 0 Å². The van der Waals surface area contributed by atoms with Crippen LogP contribution < -0.4 is 5.32 Å². The van der Waals surface area contributed by atoms with Crippen molar-refractivity contribution >= 4 is 33.4 Å². The molecular weight excluding hydrogens is 376 g/mol. The SMILES string of the molecule is CNC(c1cccc(I)c1)c1ccc(F)c2ccccc12. The van der Waals surface area contributed by atoms with Crippen molar-refractivity contribution < 1.29 is 4.39 Å². The second-order valence-electron chi connectivity index (χ2n) is 4.96. The lowest BCUT2D eigenvalue weighted by Gasteiger charge is -2.20. The molecule has 0 saturated carbocycles. The molecule has 0 aliphatic carbocycles. The zero-order valence-corrected chi connectivity index (χ0v) is 13.8. The predicted molar refractivity (Wildman–Crippen MR) is 94.0 cm³/mol. The number of fused-ring (bicyclic) bond motifs is 1. The molecule has 0 aromatic heterocycles. The molecule has 3 aromatic carbocycles. The largest absolute Gasteiger partial charge is 0.309 e. The average molecular weight is 391 g/mol. The third-order valence-corrected chi connectivity index (χ3v) is 4.36. The molecular formula is C18H15FIN. The molecule has 0 amide bonds. The van der Waals surface area contributed by atoms with Crippen molar-refractivity contribution in [2.45, 2.75) is 6.04 Å². The van der Waals surface area contributed by atoms with Gasteiger partial charge in [0, 0.05) is 8.96 Å². The van der Waals surface area contributed by atoms with Crippen LogP contribution in [0, 0.1) is 9.39 Å². The van der Waals surface area contributed by atoms with Crippen molar-refractivity contribution in [1.82, 2.24) is 5.32 Å². The molecule has 1 nitrogen and oxygen atoms in total.